The summed E-state index contributed by atoms with van der Waals surface area (Å²) in [6, 6.07) is 17.6. The number of nitrogens with one attached hydrogen (secondary N) is 2. The van der Waals surface area contributed by atoms with Gasteiger partial charge in [0.2, 0.25) is 6.79 Å². The molecule has 7 heteroatoms. The molecule has 7 nitrogen and oxygen atoms in total. The van der Waals surface area contributed by atoms with Gasteiger partial charge in [0.15, 0.2) is 11.5 Å². The fourth-order valence-electron chi connectivity index (χ4n) is 4.80. The van der Waals surface area contributed by atoms with Crippen LogP contribution in [-0.2, 0) is 13.1 Å². The number of ether oxygens (including phenoxy) is 2. The van der Waals surface area contributed by atoms with E-state index in [-0.39, 0.29) is 6.79 Å². The first-order valence-electron chi connectivity index (χ1n) is 11.9. The van der Waals surface area contributed by atoms with Gasteiger partial charge in [0.05, 0.1) is 12.2 Å². The number of hydrogen-bond acceptors (Lipinski definition) is 6. The highest BCUT2D eigenvalue weighted by Crippen LogP contribution is 2.36. The van der Waals surface area contributed by atoms with E-state index in [1.54, 1.807) is 0 Å². The highest BCUT2D eigenvalue weighted by Gasteiger charge is 2.25. The molecule has 1 saturated heterocycles. The molecule has 1 aromatic heterocycles. The molecule has 2 aromatic carbocycles. The van der Waals surface area contributed by atoms with Gasteiger partial charge in [-0.2, -0.15) is 5.10 Å². The van der Waals surface area contributed by atoms with Crippen LogP contribution in [0.25, 0.3) is 11.3 Å². The van der Waals surface area contributed by atoms with Crippen LogP contribution >= 0.6 is 0 Å². The van der Waals surface area contributed by atoms with Gasteiger partial charge in [-0.3, -0.25) is 15.5 Å². The molecule has 2 unspecified atom stereocenters. The third-order valence-corrected chi connectivity index (χ3v) is 6.34. The second-order valence-electron chi connectivity index (χ2n) is 9.16. The van der Waals surface area contributed by atoms with E-state index in [1.807, 2.05) is 22.9 Å². The number of fused-ring (bicyclic) bond motifs is 1. The van der Waals surface area contributed by atoms with Gasteiger partial charge in [-0.25, -0.2) is 0 Å². The monoisotopic (exact) mass is 447 g/mol. The van der Waals surface area contributed by atoms with Gasteiger partial charge in [-0.05, 0) is 43.7 Å². The minimum atomic E-state index is 0.276. The highest BCUT2D eigenvalue weighted by molar-refractivity contribution is 5.67. The second-order valence-corrected chi connectivity index (χ2v) is 9.16. The van der Waals surface area contributed by atoms with Gasteiger partial charge < -0.3 is 14.4 Å². The minimum Gasteiger partial charge on any atom is -0.454 e. The molecule has 33 heavy (non-hydrogen) atoms. The summed E-state index contributed by atoms with van der Waals surface area (Å²) in [5.41, 5.74) is 11.4. The van der Waals surface area contributed by atoms with Crippen molar-refractivity contribution in [2.45, 2.75) is 51.4 Å². The lowest BCUT2D eigenvalue weighted by Gasteiger charge is -2.20. The van der Waals surface area contributed by atoms with E-state index < -0.39 is 0 Å². The molecular weight excluding hydrogens is 414 g/mol. The van der Waals surface area contributed by atoms with Crippen LogP contribution in [0, 0.1) is 0 Å². The molecule has 3 heterocycles. The highest BCUT2D eigenvalue weighted by atomic mass is 16.7. The quantitative estimate of drug-likeness (QED) is 0.520. The van der Waals surface area contributed by atoms with Gasteiger partial charge in [0, 0.05) is 42.5 Å². The zero-order valence-corrected chi connectivity index (χ0v) is 19.5. The van der Waals surface area contributed by atoms with Gasteiger partial charge in [0.1, 0.15) is 0 Å². The summed E-state index contributed by atoms with van der Waals surface area (Å²) in [6.45, 7) is 5.08. The van der Waals surface area contributed by atoms with Crippen LogP contribution in [0.15, 0.2) is 54.7 Å². The maximum atomic E-state index is 5.62. The predicted octanol–water partition coefficient (Wildman–Crippen LogP) is 3.79. The first kappa shape index (κ1) is 21.9. The van der Waals surface area contributed by atoms with Crippen LogP contribution in [0.1, 0.15) is 37.3 Å². The lowest BCUT2D eigenvalue weighted by Crippen LogP contribution is -2.39. The van der Waals surface area contributed by atoms with Crippen molar-refractivity contribution < 1.29 is 9.47 Å². The fourth-order valence-corrected chi connectivity index (χ4v) is 4.80. The van der Waals surface area contributed by atoms with Crippen LogP contribution in [0.5, 0.6) is 11.5 Å². The molecule has 0 amide bonds. The summed E-state index contributed by atoms with van der Waals surface area (Å²) < 4.78 is 13.2. The maximum Gasteiger partial charge on any atom is 0.231 e. The molecule has 1 fully saturated rings. The molecule has 0 bridgehead atoms. The Morgan fingerprint density at radius 3 is 2.73 bits per heavy atom. The molecule has 0 aliphatic carbocycles. The molecule has 2 aliphatic rings. The molecule has 0 spiro atoms. The Hall–Kier alpha value is -2.87. The van der Waals surface area contributed by atoms with Crippen molar-refractivity contribution in [1.82, 2.24) is 25.5 Å². The molecule has 2 N–H and O–H groups in total. The molecule has 174 valence electrons. The Labute approximate surface area is 195 Å². The summed E-state index contributed by atoms with van der Waals surface area (Å²) in [6.07, 6.45) is 5.78. The number of benzene rings is 2. The summed E-state index contributed by atoms with van der Waals surface area (Å²) in [7, 11) is 2.19. The smallest absolute Gasteiger partial charge is 0.231 e. The summed E-state index contributed by atoms with van der Waals surface area (Å²) in [4.78, 5) is 2.38. The zero-order valence-electron chi connectivity index (χ0n) is 19.5. The Morgan fingerprint density at radius 2 is 1.88 bits per heavy atom. The number of aromatic nitrogens is 2. The molecule has 2 aliphatic heterocycles. The summed E-state index contributed by atoms with van der Waals surface area (Å²) in [5, 5.41) is 4.99. The van der Waals surface area contributed by atoms with Crippen molar-refractivity contribution in [2.75, 3.05) is 20.4 Å². The van der Waals surface area contributed by atoms with Crippen LogP contribution in [-0.4, -0.2) is 47.1 Å². The Balaban J connectivity index is 1.35. The average Bonchev–Trinajstić information content (AvgIpc) is 3.54. The molecule has 0 saturated carbocycles. The predicted molar refractivity (Wildman–Crippen MR) is 129 cm³/mol. The first-order chi connectivity index (χ1) is 16.2. The lowest BCUT2D eigenvalue weighted by atomic mass is 10.0. The van der Waals surface area contributed by atoms with Crippen molar-refractivity contribution in [3.63, 3.8) is 0 Å². The molecule has 0 radical (unpaired) electrons. The summed E-state index contributed by atoms with van der Waals surface area (Å²) >= 11 is 0. The van der Waals surface area contributed by atoms with Gasteiger partial charge in [-0.1, -0.05) is 43.7 Å². The van der Waals surface area contributed by atoms with Gasteiger partial charge in [-0.15, -0.1) is 0 Å². The van der Waals surface area contributed by atoms with Crippen molar-refractivity contribution in [3.05, 3.63) is 65.9 Å². The topological polar surface area (TPSA) is 63.6 Å². The standard InChI is InChI=1S/C26H33N5O2/c1-3-7-22-13-23(28-27-22)17-30(2)15-21-16-31(14-19-8-5-4-6-9-19)29-26(21)20-10-11-24-25(12-20)33-18-32-24/h4-6,8-12,16,22-23,27-28H,3,7,13-15,17-18H2,1-2H3. The SMILES string of the molecule is CCCC1CC(CN(C)Cc2cn(Cc3ccccc3)nc2-c2ccc3c(c2)OCO3)NN1. The van der Waals surface area contributed by atoms with Crippen molar-refractivity contribution >= 4 is 0 Å². The van der Waals surface area contributed by atoms with Gasteiger partial charge >= 0.3 is 0 Å². The molecule has 3 aromatic rings. The van der Waals surface area contributed by atoms with Crippen LogP contribution < -0.4 is 20.3 Å². The van der Waals surface area contributed by atoms with E-state index in [0.717, 1.165) is 42.4 Å². The number of rotatable bonds is 9. The fraction of sp³-hybridized carbons (Fsp3) is 0.423. The van der Waals surface area contributed by atoms with Crippen molar-refractivity contribution in [1.29, 1.82) is 0 Å². The van der Waals surface area contributed by atoms with E-state index >= 15 is 0 Å². The Morgan fingerprint density at radius 1 is 1.06 bits per heavy atom. The average molecular weight is 448 g/mol. The number of nitrogens with zero attached hydrogens (tertiary/aromatic N) is 3. The van der Waals surface area contributed by atoms with E-state index in [2.05, 4.69) is 66.3 Å². The van der Waals surface area contributed by atoms with Crippen molar-refractivity contribution in [3.8, 4) is 22.8 Å². The minimum absolute atomic E-state index is 0.276. The van der Waals surface area contributed by atoms with E-state index in [1.165, 1.54) is 30.4 Å². The van der Waals surface area contributed by atoms with E-state index in [9.17, 15) is 0 Å². The lowest BCUT2D eigenvalue weighted by molar-refractivity contribution is 0.174. The third kappa shape index (κ3) is 5.21. The van der Waals surface area contributed by atoms with Crippen molar-refractivity contribution in [2.24, 2.45) is 0 Å². The number of hydrogen-bond donors (Lipinski definition) is 2. The Bertz CT molecular complexity index is 1070. The zero-order chi connectivity index (χ0) is 22.6. The molecule has 5 rings (SSSR count). The molecular formula is C26H33N5O2. The van der Waals surface area contributed by atoms with Crippen LogP contribution in [0.4, 0.5) is 0 Å². The van der Waals surface area contributed by atoms with Crippen LogP contribution in [0.2, 0.25) is 0 Å². The van der Waals surface area contributed by atoms with E-state index in [0.29, 0.717) is 12.1 Å². The normalized spacial score (nSPS) is 19.5. The van der Waals surface area contributed by atoms with Gasteiger partial charge in [0.25, 0.3) is 0 Å². The molecule has 2 atom stereocenters. The third-order valence-electron chi connectivity index (χ3n) is 6.34. The summed E-state index contributed by atoms with van der Waals surface area (Å²) in [5.74, 6) is 1.58. The maximum absolute atomic E-state index is 5.62. The largest absolute Gasteiger partial charge is 0.454 e. The van der Waals surface area contributed by atoms with Crippen LogP contribution in [0.3, 0.4) is 0 Å². The Kier molecular flexibility index (Phi) is 6.62. The van der Waals surface area contributed by atoms with E-state index in [4.69, 9.17) is 14.6 Å². The number of likely N-dealkylation sites (N-methyl/N-ethyl adjacent to an activating group) is 1. The second kappa shape index (κ2) is 9.95. The number of hydrazine groups is 1. The first-order valence-corrected chi connectivity index (χ1v) is 11.9.